The number of likely N-dealkylation sites (tertiary alicyclic amines) is 1. The van der Waals surface area contributed by atoms with Crippen LogP contribution in [0.5, 0.6) is 5.75 Å². The largest absolute Gasteiger partial charge is 0.493 e. The van der Waals surface area contributed by atoms with Gasteiger partial charge in [0.05, 0.1) is 18.9 Å². The molecule has 3 aromatic carbocycles. The summed E-state index contributed by atoms with van der Waals surface area (Å²) >= 11 is 0. The molecule has 1 atom stereocenters. The Labute approximate surface area is 212 Å². The number of para-hydroxylation sites is 3. The van der Waals surface area contributed by atoms with Crippen LogP contribution in [0.2, 0.25) is 0 Å². The zero-order valence-electron chi connectivity index (χ0n) is 20.6. The zero-order chi connectivity index (χ0) is 24.7. The number of anilines is 2. The quantitative estimate of drug-likeness (QED) is 0.495. The van der Waals surface area contributed by atoms with Crippen LogP contribution in [0, 0.1) is 5.92 Å². The average Bonchev–Trinajstić information content (AvgIpc) is 3.33. The van der Waals surface area contributed by atoms with Gasteiger partial charge in [-0.2, -0.15) is 0 Å². The van der Waals surface area contributed by atoms with E-state index in [9.17, 15) is 9.59 Å². The smallest absolute Gasteiger partial charge is 0.229 e. The summed E-state index contributed by atoms with van der Waals surface area (Å²) in [6.45, 7) is 3.22. The molecule has 2 aliphatic rings. The lowest BCUT2D eigenvalue weighted by atomic mass is 9.96. The maximum atomic E-state index is 13.2. The van der Waals surface area contributed by atoms with Gasteiger partial charge in [0.25, 0.3) is 0 Å². The summed E-state index contributed by atoms with van der Waals surface area (Å²) in [6.07, 6.45) is 2.98. The molecule has 3 aromatic rings. The van der Waals surface area contributed by atoms with Crippen LogP contribution >= 0.6 is 0 Å². The number of hydrogen-bond acceptors (Lipinski definition) is 4. The molecule has 6 heteroatoms. The van der Waals surface area contributed by atoms with Crippen molar-refractivity contribution in [1.29, 1.82) is 0 Å². The van der Waals surface area contributed by atoms with Crippen LogP contribution in [0.15, 0.2) is 78.9 Å². The number of ether oxygens (including phenoxy) is 1. The Bertz CT molecular complexity index is 1200. The van der Waals surface area contributed by atoms with Gasteiger partial charge < -0.3 is 19.9 Å². The molecule has 1 fully saturated rings. The molecule has 0 aromatic heterocycles. The third kappa shape index (κ3) is 5.70. The minimum absolute atomic E-state index is 0.0118. The summed E-state index contributed by atoms with van der Waals surface area (Å²) in [5.74, 6) is 0.578. The first-order chi connectivity index (χ1) is 17.7. The third-order valence-corrected chi connectivity index (χ3v) is 7.09. The highest BCUT2D eigenvalue weighted by atomic mass is 16.5. The van der Waals surface area contributed by atoms with E-state index < -0.39 is 0 Å². The van der Waals surface area contributed by atoms with E-state index in [1.165, 1.54) is 11.3 Å². The van der Waals surface area contributed by atoms with Gasteiger partial charge >= 0.3 is 0 Å². The maximum Gasteiger partial charge on any atom is 0.229 e. The van der Waals surface area contributed by atoms with Gasteiger partial charge in [0, 0.05) is 37.6 Å². The van der Waals surface area contributed by atoms with Crippen LogP contribution in [0.4, 0.5) is 11.4 Å². The summed E-state index contributed by atoms with van der Waals surface area (Å²) in [4.78, 5) is 30.2. The van der Waals surface area contributed by atoms with Crippen LogP contribution in [-0.4, -0.2) is 43.0 Å². The van der Waals surface area contributed by atoms with Crippen LogP contribution in [0.25, 0.3) is 0 Å². The first-order valence-corrected chi connectivity index (χ1v) is 12.8. The number of piperidine rings is 1. The lowest BCUT2D eigenvalue weighted by Gasteiger charge is -2.32. The fourth-order valence-corrected chi connectivity index (χ4v) is 5.14. The van der Waals surface area contributed by atoms with Crippen molar-refractivity contribution in [2.24, 2.45) is 5.92 Å². The lowest BCUT2D eigenvalue weighted by molar-refractivity contribution is -0.135. The molecule has 2 heterocycles. The summed E-state index contributed by atoms with van der Waals surface area (Å²) in [5.41, 5.74) is 4.60. The number of carbonyl (C=O) groups excluding carboxylic acids is 2. The number of nitrogens with zero attached hydrogens (tertiary/aromatic N) is 2. The summed E-state index contributed by atoms with van der Waals surface area (Å²) in [7, 11) is 0. The Balaban J connectivity index is 1.16. The van der Waals surface area contributed by atoms with Crippen molar-refractivity contribution in [3.05, 3.63) is 90.0 Å². The van der Waals surface area contributed by atoms with E-state index in [1.807, 2.05) is 53.4 Å². The Hall–Kier alpha value is -3.80. The van der Waals surface area contributed by atoms with Crippen LogP contribution < -0.4 is 15.0 Å². The average molecular weight is 484 g/mol. The van der Waals surface area contributed by atoms with E-state index in [0.29, 0.717) is 26.1 Å². The first-order valence-electron chi connectivity index (χ1n) is 12.8. The normalized spacial score (nSPS) is 16.9. The first kappa shape index (κ1) is 23.9. The Morgan fingerprint density at radius 1 is 0.917 bits per heavy atom. The summed E-state index contributed by atoms with van der Waals surface area (Å²) < 4.78 is 5.68. The van der Waals surface area contributed by atoms with Crippen LogP contribution in [-0.2, 0) is 22.6 Å². The van der Waals surface area contributed by atoms with E-state index >= 15 is 0 Å². The van der Waals surface area contributed by atoms with Crippen molar-refractivity contribution in [3.8, 4) is 5.75 Å². The van der Waals surface area contributed by atoms with Gasteiger partial charge in [0.2, 0.25) is 11.8 Å². The van der Waals surface area contributed by atoms with Gasteiger partial charge in [0.1, 0.15) is 5.75 Å². The standard InChI is InChI=1S/C30H33N3O3/c34-29(17-20-36-26-12-2-1-3-13-26)33-18-8-11-25(22-33)30(35)31-27-14-6-4-10-24(27)21-32-19-16-23-9-5-7-15-28(23)32/h1-7,9-10,12-15,25H,8,11,16-22H2,(H,31,35). The molecule has 2 aliphatic heterocycles. The highest BCUT2D eigenvalue weighted by Crippen LogP contribution is 2.30. The van der Waals surface area contributed by atoms with Crippen molar-refractivity contribution >= 4 is 23.2 Å². The van der Waals surface area contributed by atoms with Crippen LogP contribution in [0.1, 0.15) is 30.4 Å². The second kappa shape index (κ2) is 11.3. The number of amides is 2. The van der Waals surface area contributed by atoms with Crippen LogP contribution in [0.3, 0.4) is 0 Å². The summed E-state index contributed by atoms with van der Waals surface area (Å²) in [5, 5.41) is 3.17. The predicted octanol–water partition coefficient (Wildman–Crippen LogP) is 4.90. The monoisotopic (exact) mass is 483 g/mol. The molecule has 0 bridgehead atoms. The predicted molar refractivity (Wildman–Crippen MR) is 142 cm³/mol. The van der Waals surface area contributed by atoms with Gasteiger partial charge in [-0.1, -0.05) is 54.6 Å². The Morgan fingerprint density at radius 3 is 2.58 bits per heavy atom. The number of fused-ring (bicyclic) bond motifs is 1. The molecule has 1 saturated heterocycles. The molecule has 5 rings (SSSR count). The molecule has 2 amide bonds. The molecule has 6 nitrogen and oxygen atoms in total. The molecule has 186 valence electrons. The molecular formula is C30H33N3O3. The van der Waals surface area contributed by atoms with E-state index in [-0.39, 0.29) is 17.7 Å². The number of carbonyl (C=O) groups is 2. The van der Waals surface area contributed by atoms with Crippen molar-refractivity contribution in [3.63, 3.8) is 0 Å². The molecule has 1 unspecified atom stereocenters. The third-order valence-electron chi connectivity index (χ3n) is 7.09. The highest BCUT2D eigenvalue weighted by molar-refractivity contribution is 5.94. The molecule has 0 aliphatic carbocycles. The number of nitrogens with one attached hydrogen (secondary N) is 1. The zero-order valence-corrected chi connectivity index (χ0v) is 20.6. The minimum Gasteiger partial charge on any atom is -0.493 e. The fraction of sp³-hybridized carbons (Fsp3) is 0.333. The van der Waals surface area contributed by atoms with E-state index in [4.69, 9.17) is 4.74 Å². The second-order valence-corrected chi connectivity index (χ2v) is 9.54. The number of benzene rings is 3. The minimum atomic E-state index is -0.210. The second-order valence-electron chi connectivity index (χ2n) is 9.54. The van der Waals surface area contributed by atoms with Gasteiger partial charge in [0.15, 0.2) is 0 Å². The molecule has 1 N–H and O–H groups in total. The Kier molecular flexibility index (Phi) is 7.50. The van der Waals surface area contributed by atoms with E-state index in [0.717, 1.165) is 49.4 Å². The molecule has 36 heavy (non-hydrogen) atoms. The number of rotatable bonds is 8. The van der Waals surface area contributed by atoms with Crippen molar-refractivity contribution in [2.75, 3.05) is 36.5 Å². The van der Waals surface area contributed by atoms with Gasteiger partial charge in [-0.25, -0.2) is 0 Å². The molecule has 0 saturated carbocycles. The lowest BCUT2D eigenvalue weighted by Crippen LogP contribution is -2.44. The van der Waals surface area contributed by atoms with Gasteiger partial charge in [-0.15, -0.1) is 0 Å². The molecule has 0 spiro atoms. The SMILES string of the molecule is O=C(Nc1ccccc1CN1CCc2ccccc21)C1CCCN(C(=O)CCOc2ccccc2)C1. The Morgan fingerprint density at radius 2 is 1.69 bits per heavy atom. The van der Waals surface area contributed by atoms with Crippen molar-refractivity contribution < 1.29 is 14.3 Å². The number of hydrogen-bond donors (Lipinski definition) is 1. The molecule has 0 radical (unpaired) electrons. The highest BCUT2D eigenvalue weighted by Gasteiger charge is 2.29. The molecular weight excluding hydrogens is 450 g/mol. The maximum absolute atomic E-state index is 13.2. The van der Waals surface area contributed by atoms with E-state index in [1.54, 1.807) is 0 Å². The van der Waals surface area contributed by atoms with E-state index in [2.05, 4.69) is 40.5 Å². The summed E-state index contributed by atoms with van der Waals surface area (Å²) in [6, 6.07) is 26.1. The fourth-order valence-electron chi connectivity index (χ4n) is 5.14. The van der Waals surface area contributed by atoms with Gasteiger partial charge in [-0.05, 0) is 54.7 Å². The topological polar surface area (TPSA) is 61.9 Å². The van der Waals surface area contributed by atoms with Crippen molar-refractivity contribution in [1.82, 2.24) is 4.90 Å². The van der Waals surface area contributed by atoms with Crippen molar-refractivity contribution in [2.45, 2.75) is 32.2 Å². The van der Waals surface area contributed by atoms with Gasteiger partial charge in [-0.3, -0.25) is 9.59 Å².